The summed E-state index contributed by atoms with van der Waals surface area (Å²) in [6.07, 6.45) is 0.620. The number of amides is 2. The lowest BCUT2D eigenvalue weighted by atomic mass is 9.73. The minimum Gasteiger partial charge on any atom is -0.507 e. The smallest absolute Gasteiger partial charge is 0.218 e. The standard InChI is InChI=1S/C35H54N2O4/c1-32(2,3)24-14-22(15-25(30(24)40)33(4,5)6)20(18-28(36)38)13-21(19-29(37)39)23-16-26(34(7,8)9)31(41)27(17-23)35(10,11)12/h14-17,20-21,40-41H,13,18-19H2,1-12H3,(H2,36,38)(H2,37,39). The molecule has 228 valence electrons. The summed E-state index contributed by atoms with van der Waals surface area (Å²) < 4.78 is 0. The fraction of sp³-hybridized carbons (Fsp3) is 0.600. The van der Waals surface area contributed by atoms with Crippen LogP contribution in [0.2, 0.25) is 0 Å². The third kappa shape index (κ3) is 8.50. The lowest BCUT2D eigenvalue weighted by Gasteiger charge is -2.32. The Bertz CT molecular complexity index is 1110. The average molecular weight is 567 g/mol. The van der Waals surface area contributed by atoms with E-state index in [-0.39, 0.29) is 57.8 Å². The molecule has 0 saturated carbocycles. The van der Waals surface area contributed by atoms with E-state index in [9.17, 15) is 19.8 Å². The Morgan fingerprint density at radius 1 is 0.561 bits per heavy atom. The fourth-order valence-electron chi connectivity index (χ4n) is 5.58. The molecule has 0 aliphatic heterocycles. The van der Waals surface area contributed by atoms with Crippen molar-refractivity contribution < 1.29 is 19.8 Å². The number of hydrogen-bond acceptors (Lipinski definition) is 4. The van der Waals surface area contributed by atoms with E-state index in [0.29, 0.717) is 6.42 Å². The van der Waals surface area contributed by atoms with Gasteiger partial charge in [0.1, 0.15) is 11.5 Å². The maximum atomic E-state index is 12.4. The van der Waals surface area contributed by atoms with Crippen molar-refractivity contribution in [1.82, 2.24) is 0 Å². The number of rotatable bonds is 8. The molecular weight excluding hydrogens is 512 g/mol. The average Bonchev–Trinajstić information content (AvgIpc) is 2.74. The van der Waals surface area contributed by atoms with E-state index in [1.165, 1.54) is 0 Å². The van der Waals surface area contributed by atoms with Gasteiger partial charge in [0.25, 0.3) is 0 Å². The molecule has 0 bridgehead atoms. The van der Waals surface area contributed by atoms with E-state index >= 15 is 0 Å². The maximum Gasteiger partial charge on any atom is 0.218 e. The van der Waals surface area contributed by atoms with Gasteiger partial charge in [-0.2, -0.15) is 0 Å². The highest BCUT2D eigenvalue weighted by Gasteiger charge is 2.32. The van der Waals surface area contributed by atoms with Gasteiger partial charge in [-0.3, -0.25) is 9.59 Å². The molecule has 2 aromatic carbocycles. The van der Waals surface area contributed by atoms with Crippen LogP contribution in [0.25, 0.3) is 0 Å². The first-order chi connectivity index (χ1) is 18.3. The highest BCUT2D eigenvalue weighted by Crippen LogP contribution is 2.46. The maximum absolute atomic E-state index is 12.4. The number of benzene rings is 2. The number of carbonyl (C=O) groups excluding carboxylic acids is 2. The molecular formula is C35H54N2O4. The SMILES string of the molecule is CC(C)(C)c1cc(C(CC(N)=O)CC(CC(N)=O)c2cc(C(C)(C)C)c(O)c(C(C)(C)C)c2)cc(C(C)(C)C)c1O. The summed E-state index contributed by atoms with van der Waals surface area (Å²) >= 11 is 0. The van der Waals surface area contributed by atoms with Gasteiger partial charge in [-0.1, -0.05) is 107 Å². The Kier molecular flexibility index (Phi) is 9.75. The molecule has 2 unspecified atom stereocenters. The Balaban J connectivity index is 2.86. The van der Waals surface area contributed by atoms with Crippen LogP contribution in [-0.2, 0) is 31.2 Å². The zero-order valence-corrected chi connectivity index (χ0v) is 27.5. The third-order valence-corrected chi connectivity index (χ3v) is 7.90. The monoisotopic (exact) mass is 566 g/mol. The number of phenols is 2. The fourth-order valence-corrected chi connectivity index (χ4v) is 5.58. The van der Waals surface area contributed by atoms with Crippen LogP contribution in [-0.4, -0.2) is 22.0 Å². The van der Waals surface area contributed by atoms with Crippen LogP contribution >= 0.6 is 0 Å². The largest absolute Gasteiger partial charge is 0.507 e. The molecule has 2 atom stereocenters. The van der Waals surface area contributed by atoms with Crippen LogP contribution in [0.4, 0.5) is 0 Å². The van der Waals surface area contributed by atoms with Crippen LogP contribution in [0.1, 0.15) is 148 Å². The third-order valence-electron chi connectivity index (χ3n) is 7.90. The predicted octanol–water partition coefficient (Wildman–Crippen LogP) is 7.30. The van der Waals surface area contributed by atoms with Gasteiger partial charge in [0.05, 0.1) is 0 Å². The second-order valence-corrected chi connectivity index (χ2v) is 15.9. The molecule has 0 aliphatic carbocycles. The van der Waals surface area contributed by atoms with E-state index < -0.39 is 11.8 Å². The van der Waals surface area contributed by atoms with Crippen LogP contribution in [0, 0.1) is 0 Å². The summed E-state index contributed by atoms with van der Waals surface area (Å²) in [5.41, 5.74) is 15.2. The summed E-state index contributed by atoms with van der Waals surface area (Å²) in [5.74, 6) is -0.972. The Labute approximate surface area is 247 Å². The summed E-state index contributed by atoms with van der Waals surface area (Å²) in [6, 6.07) is 7.93. The first kappa shape index (κ1) is 34.2. The molecule has 0 spiro atoms. The molecule has 0 aromatic heterocycles. The van der Waals surface area contributed by atoms with Crippen molar-refractivity contribution in [1.29, 1.82) is 0 Å². The quantitative estimate of drug-likeness (QED) is 0.267. The topological polar surface area (TPSA) is 127 Å². The molecule has 0 saturated heterocycles. The summed E-state index contributed by atoms with van der Waals surface area (Å²) in [4.78, 5) is 24.8. The Morgan fingerprint density at radius 3 is 0.951 bits per heavy atom. The second kappa shape index (κ2) is 11.7. The van der Waals surface area contributed by atoms with Crippen LogP contribution in [0.5, 0.6) is 11.5 Å². The van der Waals surface area contributed by atoms with Gasteiger partial charge in [-0.25, -0.2) is 0 Å². The van der Waals surface area contributed by atoms with Crippen molar-refractivity contribution in [2.45, 2.75) is 136 Å². The molecule has 2 amide bonds. The molecule has 2 rings (SSSR count). The van der Waals surface area contributed by atoms with Gasteiger partial charge in [0.15, 0.2) is 0 Å². The first-order valence-corrected chi connectivity index (χ1v) is 14.7. The first-order valence-electron chi connectivity index (χ1n) is 14.7. The lowest BCUT2D eigenvalue weighted by molar-refractivity contribution is -0.118. The number of primary amides is 2. The Morgan fingerprint density at radius 2 is 0.780 bits per heavy atom. The lowest BCUT2D eigenvalue weighted by Crippen LogP contribution is -2.23. The van der Waals surface area contributed by atoms with Gasteiger partial charge in [-0.05, 0) is 73.3 Å². The Hall–Kier alpha value is -3.02. The zero-order chi connectivity index (χ0) is 31.9. The van der Waals surface area contributed by atoms with Crippen LogP contribution in [0.3, 0.4) is 0 Å². The van der Waals surface area contributed by atoms with Crippen molar-refractivity contribution in [3.63, 3.8) is 0 Å². The number of aromatic hydroxyl groups is 2. The molecule has 0 radical (unpaired) electrons. The summed E-state index contributed by atoms with van der Waals surface area (Å²) in [6.45, 7) is 24.6. The number of phenolic OH excluding ortho intramolecular Hbond substituents is 2. The number of hydrogen-bond donors (Lipinski definition) is 4. The van der Waals surface area contributed by atoms with E-state index in [2.05, 4.69) is 83.1 Å². The molecule has 6 heteroatoms. The zero-order valence-electron chi connectivity index (χ0n) is 27.5. The van der Waals surface area contributed by atoms with Crippen LogP contribution < -0.4 is 11.5 Å². The number of carbonyl (C=O) groups is 2. The van der Waals surface area contributed by atoms with Crippen molar-refractivity contribution in [2.75, 3.05) is 0 Å². The van der Waals surface area contributed by atoms with Crippen molar-refractivity contribution >= 4 is 11.8 Å². The predicted molar refractivity (Wildman–Crippen MR) is 169 cm³/mol. The number of nitrogens with two attached hydrogens (primary N) is 2. The van der Waals surface area contributed by atoms with Gasteiger partial charge in [-0.15, -0.1) is 0 Å². The molecule has 6 nitrogen and oxygen atoms in total. The van der Waals surface area contributed by atoms with Gasteiger partial charge >= 0.3 is 0 Å². The van der Waals surface area contributed by atoms with Crippen molar-refractivity contribution in [3.8, 4) is 11.5 Å². The molecule has 41 heavy (non-hydrogen) atoms. The second-order valence-electron chi connectivity index (χ2n) is 15.9. The normalized spacial score (nSPS) is 14.5. The highest BCUT2D eigenvalue weighted by molar-refractivity contribution is 5.76. The molecule has 0 aliphatic rings. The minimum absolute atomic E-state index is 0.0868. The molecule has 0 heterocycles. The molecule has 6 N–H and O–H groups in total. The van der Waals surface area contributed by atoms with E-state index in [1.54, 1.807) is 0 Å². The molecule has 2 aromatic rings. The van der Waals surface area contributed by atoms with Crippen LogP contribution in [0.15, 0.2) is 24.3 Å². The van der Waals surface area contributed by atoms with Gasteiger partial charge in [0.2, 0.25) is 11.8 Å². The summed E-state index contributed by atoms with van der Waals surface area (Å²) in [7, 11) is 0. The van der Waals surface area contributed by atoms with E-state index in [1.807, 2.05) is 24.3 Å². The van der Waals surface area contributed by atoms with E-state index in [0.717, 1.165) is 33.4 Å². The summed E-state index contributed by atoms with van der Waals surface area (Å²) in [5, 5.41) is 22.6. The van der Waals surface area contributed by atoms with Gasteiger partial charge < -0.3 is 21.7 Å². The molecule has 0 fully saturated rings. The minimum atomic E-state index is -0.438. The van der Waals surface area contributed by atoms with Crippen molar-refractivity contribution in [2.24, 2.45) is 11.5 Å². The van der Waals surface area contributed by atoms with Gasteiger partial charge in [0, 0.05) is 12.8 Å². The van der Waals surface area contributed by atoms with Crippen molar-refractivity contribution in [3.05, 3.63) is 57.6 Å². The highest BCUT2D eigenvalue weighted by atomic mass is 16.3. The van der Waals surface area contributed by atoms with E-state index in [4.69, 9.17) is 11.5 Å².